The average Bonchev–Trinajstić information content (AvgIpc) is 2.86. The number of carbonyl (C=O) groups is 1. The number of hydrogen-bond acceptors (Lipinski definition) is 5. The largest absolute Gasteiger partial charge is 0.396 e. The summed E-state index contributed by atoms with van der Waals surface area (Å²) in [6.07, 6.45) is 1.66. The number of rotatable bonds is 4. The van der Waals surface area contributed by atoms with Crippen molar-refractivity contribution in [3.8, 4) is 0 Å². The van der Waals surface area contributed by atoms with Crippen molar-refractivity contribution in [1.82, 2.24) is 9.88 Å². The molecule has 2 rings (SSSR count). The van der Waals surface area contributed by atoms with Crippen LogP contribution in [-0.4, -0.2) is 40.6 Å². The van der Waals surface area contributed by atoms with E-state index in [1.54, 1.807) is 11.0 Å². The van der Waals surface area contributed by atoms with Crippen LogP contribution in [0.5, 0.6) is 0 Å². The highest BCUT2D eigenvalue weighted by molar-refractivity contribution is 6.29. The van der Waals surface area contributed by atoms with E-state index in [-0.39, 0.29) is 17.7 Å². The quantitative estimate of drug-likeness (QED) is 0.433. The molecular formula is C12H17ClN4O2. The van der Waals surface area contributed by atoms with Crippen LogP contribution in [0.4, 0.5) is 5.82 Å². The molecule has 0 saturated carbocycles. The Morgan fingerprint density at radius 1 is 1.63 bits per heavy atom. The Balaban J connectivity index is 2.10. The molecule has 19 heavy (non-hydrogen) atoms. The van der Waals surface area contributed by atoms with Crippen molar-refractivity contribution in [2.24, 2.45) is 11.8 Å². The van der Waals surface area contributed by atoms with Crippen molar-refractivity contribution in [2.45, 2.75) is 12.8 Å². The third-order valence-electron chi connectivity index (χ3n) is 3.30. The first-order valence-electron chi connectivity index (χ1n) is 6.18. The van der Waals surface area contributed by atoms with Crippen LogP contribution < -0.4 is 11.3 Å². The number of amides is 1. The van der Waals surface area contributed by atoms with E-state index in [9.17, 15) is 4.79 Å². The Morgan fingerprint density at radius 3 is 3.11 bits per heavy atom. The van der Waals surface area contributed by atoms with Crippen LogP contribution in [0.2, 0.25) is 5.15 Å². The number of aliphatic hydroxyl groups excluding tert-OH is 1. The second-order valence-electron chi connectivity index (χ2n) is 4.63. The number of likely N-dealkylation sites (tertiary alicyclic amines) is 1. The monoisotopic (exact) mass is 284 g/mol. The SMILES string of the molecule is NNc1cc(C(=O)N2CCC(CCO)C2)cc(Cl)n1. The average molecular weight is 285 g/mol. The molecule has 0 aliphatic carbocycles. The summed E-state index contributed by atoms with van der Waals surface area (Å²) in [5.74, 6) is 5.93. The zero-order valence-corrected chi connectivity index (χ0v) is 11.2. The summed E-state index contributed by atoms with van der Waals surface area (Å²) >= 11 is 5.85. The Morgan fingerprint density at radius 2 is 2.42 bits per heavy atom. The molecular weight excluding hydrogens is 268 g/mol. The molecule has 1 atom stereocenters. The standard InChI is InChI=1S/C12H17ClN4O2/c13-10-5-9(6-11(15-10)16-14)12(19)17-3-1-8(7-17)2-4-18/h5-6,8,18H,1-4,7,14H2,(H,15,16). The zero-order valence-electron chi connectivity index (χ0n) is 10.5. The van der Waals surface area contributed by atoms with E-state index in [1.807, 2.05) is 0 Å². The van der Waals surface area contributed by atoms with E-state index in [4.69, 9.17) is 22.6 Å². The van der Waals surface area contributed by atoms with Crippen LogP contribution in [0.1, 0.15) is 23.2 Å². The van der Waals surface area contributed by atoms with E-state index < -0.39 is 0 Å². The van der Waals surface area contributed by atoms with Gasteiger partial charge in [-0.15, -0.1) is 0 Å². The van der Waals surface area contributed by atoms with Gasteiger partial charge in [0.15, 0.2) is 0 Å². The number of nitrogens with zero attached hydrogens (tertiary/aromatic N) is 2. The van der Waals surface area contributed by atoms with Crippen LogP contribution in [0.25, 0.3) is 0 Å². The lowest BCUT2D eigenvalue weighted by atomic mass is 10.1. The Bertz CT molecular complexity index is 469. The number of aliphatic hydroxyl groups is 1. The van der Waals surface area contributed by atoms with Crippen molar-refractivity contribution < 1.29 is 9.90 Å². The second kappa shape index (κ2) is 6.18. The minimum atomic E-state index is -0.0822. The minimum Gasteiger partial charge on any atom is -0.396 e. The molecule has 7 heteroatoms. The number of pyridine rings is 1. The smallest absolute Gasteiger partial charge is 0.254 e. The lowest BCUT2D eigenvalue weighted by Gasteiger charge is -2.17. The molecule has 0 bridgehead atoms. The van der Waals surface area contributed by atoms with Crippen LogP contribution in [0.15, 0.2) is 12.1 Å². The number of anilines is 1. The van der Waals surface area contributed by atoms with Crippen molar-refractivity contribution in [1.29, 1.82) is 0 Å². The molecule has 1 aliphatic rings. The van der Waals surface area contributed by atoms with Gasteiger partial charge >= 0.3 is 0 Å². The van der Waals surface area contributed by atoms with Gasteiger partial charge in [-0.2, -0.15) is 0 Å². The van der Waals surface area contributed by atoms with Gasteiger partial charge in [-0.1, -0.05) is 11.6 Å². The van der Waals surface area contributed by atoms with Gasteiger partial charge in [0.25, 0.3) is 5.91 Å². The third-order valence-corrected chi connectivity index (χ3v) is 3.49. The number of nitrogens with two attached hydrogens (primary N) is 1. The first-order valence-corrected chi connectivity index (χ1v) is 6.56. The normalized spacial score (nSPS) is 18.7. The lowest BCUT2D eigenvalue weighted by Crippen LogP contribution is -2.29. The number of nitrogens with one attached hydrogen (secondary N) is 1. The fraction of sp³-hybridized carbons (Fsp3) is 0.500. The molecule has 4 N–H and O–H groups in total. The molecule has 1 fully saturated rings. The number of carbonyl (C=O) groups excluding carboxylic acids is 1. The fourth-order valence-corrected chi connectivity index (χ4v) is 2.52. The molecule has 0 spiro atoms. The fourth-order valence-electron chi connectivity index (χ4n) is 2.31. The molecule has 6 nitrogen and oxygen atoms in total. The maximum atomic E-state index is 12.3. The maximum Gasteiger partial charge on any atom is 0.254 e. The predicted octanol–water partition coefficient (Wildman–Crippen LogP) is 0.865. The molecule has 1 unspecified atom stereocenters. The van der Waals surface area contributed by atoms with E-state index in [0.717, 1.165) is 12.8 Å². The van der Waals surface area contributed by atoms with Gasteiger partial charge in [-0.05, 0) is 30.9 Å². The van der Waals surface area contributed by atoms with Crippen molar-refractivity contribution in [3.63, 3.8) is 0 Å². The maximum absolute atomic E-state index is 12.3. The molecule has 1 aliphatic heterocycles. The molecule has 0 aromatic carbocycles. The van der Waals surface area contributed by atoms with Gasteiger partial charge in [0, 0.05) is 25.3 Å². The highest BCUT2D eigenvalue weighted by Crippen LogP contribution is 2.22. The molecule has 0 radical (unpaired) electrons. The third kappa shape index (κ3) is 3.34. The molecule has 104 valence electrons. The number of nitrogen functional groups attached to an aromatic ring is 1. The summed E-state index contributed by atoms with van der Waals surface area (Å²) in [6, 6.07) is 3.11. The van der Waals surface area contributed by atoms with E-state index in [2.05, 4.69) is 10.4 Å². The summed E-state index contributed by atoms with van der Waals surface area (Å²) in [7, 11) is 0. The predicted molar refractivity (Wildman–Crippen MR) is 72.8 cm³/mol. The Labute approximate surface area is 116 Å². The van der Waals surface area contributed by atoms with E-state index >= 15 is 0 Å². The minimum absolute atomic E-state index is 0.0822. The van der Waals surface area contributed by atoms with Crippen LogP contribution in [0, 0.1) is 5.92 Å². The summed E-state index contributed by atoms with van der Waals surface area (Å²) in [6.45, 7) is 1.54. The van der Waals surface area contributed by atoms with Gasteiger partial charge in [0.05, 0.1) is 0 Å². The van der Waals surface area contributed by atoms with E-state index in [0.29, 0.717) is 30.4 Å². The highest BCUT2D eigenvalue weighted by atomic mass is 35.5. The van der Waals surface area contributed by atoms with Gasteiger partial charge in [-0.3, -0.25) is 4.79 Å². The molecule has 2 heterocycles. The number of halogens is 1. The van der Waals surface area contributed by atoms with Crippen LogP contribution >= 0.6 is 11.6 Å². The first kappa shape index (κ1) is 14.0. The summed E-state index contributed by atoms with van der Waals surface area (Å²) in [4.78, 5) is 18.0. The van der Waals surface area contributed by atoms with Gasteiger partial charge in [-0.25, -0.2) is 10.8 Å². The summed E-state index contributed by atoms with van der Waals surface area (Å²) in [5.41, 5.74) is 2.85. The molecule has 1 aromatic heterocycles. The number of aromatic nitrogens is 1. The Hall–Kier alpha value is -1.37. The molecule has 1 saturated heterocycles. The highest BCUT2D eigenvalue weighted by Gasteiger charge is 2.26. The zero-order chi connectivity index (χ0) is 13.8. The lowest BCUT2D eigenvalue weighted by molar-refractivity contribution is 0.0784. The van der Waals surface area contributed by atoms with Crippen LogP contribution in [0.3, 0.4) is 0 Å². The van der Waals surface area contributed by atoms with Gasteiger partial charge in [0.1, 0.15) is 11.0 Å². The van der Waals surface area contributed by atoms with Gasteiger partial charge in [0.2, 0.25) is 0 Å². The number of hydrazine groups is 1. The topological polar surface area (TPSA) is 91.5 Å². The number of hydrogen-bond donors (Lipinski definition) is 3. The Kier molecular flexibility index (Phi) is 4.57. The van der Waals surface area contributed by atoms with Crippen LogP contribution in [-0.2, 0) is 0 Å². The molecule has 1 amide bonds. The molecule has 1 aromatic rings. The first-order chi connectivity index (χ1) is 9.13. The van der Waals surface area contributed by atoms with Gasteiger partial charge < -0.3 is 15.4 Å². The summed E-state index contributed by atoms with van der Waals surface area (Å²) in [5, 5.41) is 9.15. The second-order valence-corrected chi connectivity index (χ2v) is 5.01. The van der Waals surface area contributed by atoms with E-state index in [1.165, 1.54) is 6.07 Å². The summed E-state index contributed by atoms with van der Waals surface area (Å²) < 4.78 is 0. The van der Waals surface area contributed by atoms with Crippen molar-refractivity contribution in [2.75, 3.05) is 25.1 Å². The van der Waals surface area contributed by atoms with Crippen molar-refractivity contribution in [3.05, 3.63) is 22.8 Å². The van der Waals surface area contributed by atoms with Crippen molar-refractivity contribution >= 4 is 23.3 Å².